The molecule has 3 saturated heterocycles. The predicted octanol–water partition coefficient (Wildman–Crippen LogP) is 0.803. The molecule has 3 heterocycles. The van der Waals surface area contributed by atoms with Crippen LogP contribution in [0.3, 0.4) is 0 Å². The van der Waals surface area contributed by atoms with Crippen molar-refractivity contribution in [1.29, 1.82) is 0 Å². The summed E-state index contributed by atoms with van der Waals surface area (Å²) in [7, 11) is 0. The van der Waals surface area contributed by atoms with E-state index in [-0.39, 0.29) is 18.9 Å². The monoisotopic (exact) mass is 962 g/mol. The number of carbonyl (C=O) groups excluding carboxylic acids is 1. The maximum absolute atomic E-state index is 13.1. The van der Waals surface area contributed by atoms with Gasteiger partial charge in [-0.3, -0.25) is 4.79 Å². The minimum Gasteiger partial charge on any atom is -0.394 e. The van der Waals surface area contributed by atoms with Crippen LogP contribution in [-0.2, 0) is 33.2 Å². The molecule has 17 atom stereocenters. The Morgan fingerprint density at radius 2 is 1.00 bits per heavy atom. The molecule has 3 aliphatic rings. The normalized spacial score (nSPS) is 33.9. The highest BCUT2D eigenvalue weighted by Crippen LogP contribution is 2.33. The predicted molar refractivity (Wildman–Crippen MR) is 245 cm³/mol. The van der Waals surface area contributed by atoms with Gasteiger partial charge in [0.25, 0.3) is 0 Å². The summed E-state index contributed by atoms with van der Waals surface area (Å²) in [6.45, 7) is 1.50. The molecule has 3 fully saturated rings. The summed E-state index contributed by atoms with van der Waals surface area (Å²) in [6, 6.07) is -0.993. The van der Waals surface area contributed by atoms with Gasteiger partial charge in [-0.15, -0.1) is 0 Å². The van der Waals surface area contributed by atoms with Crippen LogP contribution in [0.15, 0.2) is 48.6 Å². The first-order valence-electron chi connectivity index (χ1n) is 24.4. The second-order valence-corrected chi connectivity index (χ2v) is 17.6. The fraction of sp³-hybridized carbons (Fsp3) is 0.812. The number of aliphatic hydroxyl groups is 11. The van der Waals surface area contributed by atoms with E-state index in [9.17, 15) is 61.0 Å². The van der Waals surface area contributed by atoms with E-state index in [2.05, 4.69) is 55.6 Å². The summed E-state index contributed by atoms with van der Waals surface area (Å²) in [5.74, 6) is -0.308. The van der Waals surface area contributed by atoms with Crippen LogP contribution in [0.25, 0.3) is 0 Å². The third-order valence-corrected chi connectivity index (χ3v) is 12.1. The molecule has 17 unspecified atom stereocenters. The van der Waals surface area contributed by atoms with Crippen LogP contribution in [-0.4, -0.2) is 193 Å². The van der Waals surface area contributed by atoms with E-state index in [1.54, 1.807) is 12.2 Å². The van der Waals surface area contributed by atoms with Crippen LogP contribution in [0.2, 0.25) is 0 Å². The number of nitrogens with one attached hydrogen (secondary N) is 1. The molecule has 0 radical (unpaired) electrons. The maximum Gasteiger partial charge on any atom is 0.220 e. The lowest BCUT2D eigenvalue weighted by atomic mass is 9.96. The molecule has 0 aromatic rings. The van der Waals surface area contributed by atoms with Gasteiger partial charge >= 0.3 is 0 Å². The number of carbonyl (C=O) groups is 1. The third-order valence-electron chi connectivity index (χ3n) is 12.1. The van der Waals surface area contributed by atoms with Gasteiger partial charge in [0.05, 0.1) is 38.6 Å². The van der Waals surface area contributed by atoms with Crippen LogP contribution >= 0.6 is 0 Å². The van der Waals surface area contributed by atoms with E-state index in [1.807, 2.05) is 0 Å². The van der Waals surface area contributed by atoms with Gasteiger partial charge in [-0.05, 0) is 51.4 Å². The number of unbranched alkanes of at least 4 members (excludes halogenated alkanes) is 10. The molecule has 0 bridgehead atoms. The Balaban J connectivity index is 1.57. The Bertz CT molecular complexity index is 1430. The third kappa shape index (κ3) is 19.8. The molecule has 3 rings (SSSR count). The van der Waals surface area contributed by atoms with E-state index in [4.69, 9.17) is 28.4 Å². The lowest BCUT2D eigenvalue weighted by molar-refractivity contribution is -0.379. The molecule has 0 aromatic carbocycles. The first-order valence-corrected chi connectivity index (χ1v) is 24.4. The highest BCUT2D eigenvalue weighted by molar-refractivity contribution is 5.76. The van der Waals surface area contributed by atoms with Crippen LogP contribution in [0.4, 0.5) is 0 Å². The number of ether oxygens (including phenoxy) is 6. The first kappa shape index (κ1) is 59.1. The molecule has 19 nitrogen and oxygen atoms in total. The molecule has 3 aliphatic heterocycles. The van der Waals surface area contributed by atoms with Crippen LogP contribution in [0.1, 0.15) is 117 Å². The Morgan fingerprint density at radius 3 is 1.58 bits per heavy atom. The maximum atomic E-state index is 13.1. The number of aliphatic hydroxyl groups excluding tert-OH is 11. The standard InChI is InChI=1S/C48H83NO18/c1-3-5-7-9-11-13-14-15-16-17-18-20-22-24-26-36(54)49-31(32(53)25-23-21-19-12-10-8-6-4-2)30-62-46-42(60)39(57)44(34(28-51)64-46)67-48-43(61)40(58)45(35(29-52)65-48)66-47-41(59)38(56)37(55)33(27-50)63-47/h9-12,14-15,23,25,31-35,37-48,50-53,55-61H,3-8,13,16-22,24,26-30H2,1-2H3,(H,49,54)/b11-9-,12-10+,15-14-,25-23+. The van der Waals surface area contributed by atoms with E-state index in [0.717, 1.165) is 70.6 Å². The first-order chi connectivity index (χ1) is 32.3. The molecule has 67 heavy (non-hydrogen) atoms. The summed E-state index contributed by atoms with van der Waals surface area (Å²) in [5.41, 5.74) is 0. The fourth-order valence-corrected chi connectivity index (χ4v) is 7.91. The molecule has 0 spiro atoms. The topological polar surface area (TPSA) is 307 Å². The highest BCUT2D eigenvalue weighted by atomic mass is 16.8. The van der Waals surface area contributed by atoms with E-state index in [0.29, 0.717) is 12.8 Å². The molecular formula is C48H83NO18. The van der Waals surface area contributed by atoms with Crippen molar-refractivity contribution >= 4 is 5.91 Å². The molecule has 0 aromatic heterocycles. The average molecular weight is 962 g/mol. The summed E-state index contributed by atoms with van der Waals surface area (Å²) in [5, 5.41) is 119. The van der Waals surface area contributed by atoms with Crippen molar-refractivity contribution in [3.63, 3.8) is 0 Å². The van der Waals surface area contributed by atoms with E-state index >= 15 is 0 Å². The van der Waals surface area contributed by atoms with Crippen molar-refractivity contribution in [3.8, 4) is 0 Å². The molecule has 19 heteroatoms. The quantitative estimate of drug-likeness (QED) is 0.0328. The molecular weight excluding hydrogens is 879 g/mol. The zero-order valence-electron chi connectivity index (χ0n) is 39.4. The number of amides is 1. The largest absolute Gasteiger partial charge is 0.394 e. The summed E-state index contributed by atoms with van der Waals surface area (Å²) in [6.07, 6.45) is 4.39. The van der Waals surface area contributed by atoms with Crippen LogP contribution in [0.5, 0.6) is 0 Å². The Hall–Kier alpha value is -2.25. The molecule has 12 N–H and O–H groups in total. The molecule has 388 valence electrons. The van der Waals surface area contributed by atoms with Crippen molar-refractivity contribution in [1.82, 2.24) is 5.32 Å². The lowest BCUT2D eigenvalue weighted by Crippen LogP contribution is -2.66. The van der Waals surface area contributed by atoms with E-state index < -0.39 is 124 Å². The minimum absolute atomic E-state index is 0.216. The van der Waals surface area contributed by atoms with Gasteiger partial charge in [0.1, 0.15) is 73.2 Å². The van der Waals surface area contributed by atoms with Gasteiger partial charge in [0.15, 0.2) is 18.9 Å². The second kappa shape index (κ2) is 33.4. The van der Waals surface area contributed by atoms with Crippen molar-refractivity contribution < 1.29 is 89.4 Å². The van der Waals surface area contributed by atoms with Crippen LogP contribution < -0.4 is 5.32 Å². The SMILES string of the molecule is CCCC/C=C\C/C=C\CCCCCCCC(=O)NC(COC1OC(CO)C(OC2OC(CO)C(OC3OC(CO)C(O)C(O)C3O)C(O)C2O)C(O)C1O)C(O)/C=C/CC/C=C/CCCC. The Labute approximate surface area is 395 Å². The number of hydrogen-bond acceptors (Lipinski definition) is 18. The lowest BCUT2D eigenvalue weighted by Gasteiger charge is -2.48. The zero-order chi connectivity index (χ0) is 49.1. The zero-order valence-corrected chi connectivity index (χ0v) is 39.4. The summed E-state index contributed by atoms with van der Waals surface area (Å²) in [4.78, 5) is 13.1. The molecule has 0 saturated carbocycles. The van der Waals surface area contributed by atoms with Gasteiger partial charge in [0, 0.05) is 6.42 Å². The van der Waals surface area contributed by atoms with Crippen LogP contribution in [0, 0.1) is 0 Å². The van der Waals surface area contributed by atoms with Gasteiger partial charge in [-0.2, -0.15) is 0 Å². The minimum atomic E-state index is -1.98. The smallest absolute Gasteiger partial charge is 0.220 e. The molecule has 0 aliphatic carbocycles. The number of hydrogen-bond donors (Lipinski definition) is 12. The van der Waals surface area contributed by atoms with Gasteiger partial charge in [-0.1, -0.05) is 107 Å². The van der Waals surface area contributed by atoms with Crippen molar-refractivity contribution in [2.24, 2.45) is 0 Å². The second-order valence-electron chi connectivity index (χ2n) is 17.6. The van der Waals surface area contributed by atoms with Gasteiger partial charge < -0.3 is 89.9 Å². The summed E-state index contributed by atoms with van der Waals surface area (Å²) >= 11 is 0. The van der Waals surface area contributed by atoms with Crippen molar-refractivity contribution in [2.45, 2.75) is 221 Å². The number of allylic oxidation sites excluding steroid dienone is 7. The number of rotatable bonds is 32. The fourth-order valence-electron chi connectivity index (χ4n) is 7.91. The van der Waals surface area contributed by atoms with Crippen molar-refractivity contribution in [3.05, 3.63) is 48.6 Å². The van der Waals surface area contributed by atoms with Crippen molar-refractivity contribution in [2.75, 3.05) is 26.4 Å². The van der Waals surface area contributed by atoms with E-state index in [1.165, 1.54) is 12.8 Å². The van der Waals surface area contributed by atoms with Gasteiger partial charge in [0.2, 0.25) is 5.91 Å². The Morgan fingerprint density at radius 1 is 0.537 bits per heavy atom. The Kier molecular flexibility index (Phi) is 29.4. The van der Waals surface area contributed by atoms with Gasteiger partial charge in [-0.25, -0.2) is 0 Å². The summed E-state index contributed by atoms with van der Waals surface area (Å²) < 4.78 is 34.0. The highest BCUT2D eigenvalue weighted by Gasteiger charge is 2.53. The molecule has 1 amide bonds. The average Bonchev–Trinajstić information content (AvgIpc) is 3.32.